The molecule has 150 valence electrons. The maximum Gasteiger partial charge on any atom is 0.218 e. The highest BCUT2D eigenvalue weighted by Gasteiger charge is 2.07. The number of aromatic amines is 1. The van der Waals surface area contributed by atoms with E-state index in [1.807, 2.05) is 25.3 Å². The summed E-state index contributed by atoms with van der Waals surface area (Å²) in [7, 11) is 1.73. The van der Waals surface area contributed by atoms with Gasteiger partial charge in [-0.25, -0.2) is 9.37 Å². The molecule has 0 amide bonds. The van der Waals surface area contributed by atoms with Gasteiger partial charge >= 0.3 is 0 Å². The Kier molecular flexibility index (Phi) is 8.49. The molecule has 0 radical (unpaired) electrons. The fourth-order valence-corrected chi connectivity index (χ4v) is 2.90. The van der Waals surface area contributed by atoms with Crippen LogP contribution in [0.25, 0.3) is 10.9 Å². The summed E-state index contributed by atoms with van der Waals surface area (Å²) < 4.78 is 19.0. The number of H-pyrrole nitrogens is 1. The van der Waals surface area contributed by atoms with Crippen molar-refractivity contribution in [2.24, 2.45) is 4.99 Å². The van der Waals surface area contributed by atoms with E-state index in [0.717, 1.165) is 28.5 Å². The fourth-order valence-electron chi connectivity index (χ4n) is 2.90. The topological polar surface area (TPSA) is 74.3 Å². The van der Waals surface area contributed by atoms with Crippen molar-refractivity contribution < 1.29 is 9.13 Å². The van der Waals surface area contributed by atoms with Gasteiger partial charge in [0.2, 0.25) is 5.88 Å². The second-order valence-electron chi connectivity index (χ2n) is 6.01. The minimum Gasteiger partial charge on any atom is -0.478 e. The number of aliphatic imine (C=N–C) groups is 1. The Labute approximate surface area is 181 Å². The number of benzene rings is 1. The van der Waals surface area contributed by atoms with E-state index in [2.05, 4.69) is 25.6 Å². The molecule has 0 unspecified atom stereocenters. The lowest BCUT2D eigenvalue weighted by atomic mass is 10.1. The van der Waals surface area contributed by atoms with Gasteiger partial charge in [0.25, 0.3) is 0 Å². The summed E-state index contributed by atoms with van der Waals surface area (Å²) in [5.74, 6) is 1.09. The molecule has 0 fully saturated rings. The SMILES string of the molecule is CCOc1ncccc1CNC(=NC)NCCc1c[nH]c2ccc(F)cc12.I. The maximum absolute atomic E-state index is 13.5. The van der Waals surface area contributed by atoms with E-state index in [1.54, 1.807) is 25.4 Å². The van der Waals surface area contributed by atoms with E-state index < -0.39 is 0 Å². The third-order valence-corrected chi connectivity index (χ3v) is 4.22. The molecule has 0 aliphatic heterocycles. The molecule has 0 saturated carbocycles. The van der Waals surface area contributed by atoms with Gasteiger partial charge in [-0.05, 0) is 43.2 Å². The standard InChI is InChI=1S/C20H24FN5O.HI/c1-3-27-19-15(5-4-9-23-19)13-26-20(22-2)24-10-8-14-12-25-18-7-6-16(21)11-17(14)18;/h4-7,9,11-12,25H,3,8,10,13H2,1-2H3,(H2,22,24,26);1H. The molecule has 3 N–H and O–H groups in total. The average Bonchev–Trinajstić information content (AvgIpc) is 3.08. The van der Waals surface area contributed by atoms with E-state index >= 15 is 0 Å². The number of hydrogen-bond acceptors (Lipinski definition) is 3. The molecule has 0 aliphatic rings. The zero-order valence-corrected chi connectivity index (χ0v) is 18.3. The number of fused-ring (bicyclic) bond motifs is 1. The molecule has 0 aliphatic carbocycles. The van der Waals surface area contributed by atoms with Crippen LogP contribution in [0.2, 0.25) is 0 Å². The van der Waals surface area contributed by atoms with Gasteiger partial charge in [0.15, 0.2) is 5.96 Å². The first-order valence-corrected chi connectivity index (χ1v) is 8.98. The van der Waals surface area contributed by atoms with Crippen molar-refractivity contribution in [3.63, 3.8) is 0 Å². The molecule has 2 aromatic heterocycles. The Balaban J connectivity index is 0.00000280. The van der Waals surface area contributed by atoms with Gasteiger partial charge in [0, 0.05) is 49.0 Å². The molecular weight excluding hydrogens is 472 g/mol. The molecule has 3 aromatic rings. The third-order valence-electron chi connectivity index (χ3n) is 4.22. The first kappa shape index (κ1) is 21.9. The van der Waals surface area contributed by atoms with Crippen LogP contribution in [0, 0.1) is 5.82 Å². The third kappa shape index (κ3) is 5.57. The van der Waals surface area contributed by atoms with E-state index in [9.17, 15) is 4.39 Å². The van der Waals surface area contributed by atoms with Gasteiger partial charge in [0.05, 0.1) is 6.61 Å². The predicted molar refractivity (Wildman–Crippen MR) is 121 cm³/mol. The Morgan fingerprint density at radius 3 is 2.89 bits per heavy atom. The van der Waals surface area contributed by atoms with Gasteiger partial charge in [-0.2, -0.15) is 0 Å². The summed E-state index contributed by atoms with van der Waals surface area (Å²) in [6, 6.07) is 8.63. The van der Waals surface area contributed by atoms with Crippen LogP contribution in [0.5, 0.6) is 5.88 Å². The summed E-state index contributed by atoms with van der Waals surface area (Å²) in [6.07, 6.45) is 4.39. The summed E-state index contributed by atoms with van der Waals surface area (Å²) >= 11 is 0. The van der Waals surface area contributed by atoms with Gasteiger partial charge < -0.3 is 20.4 Å². The molecule has 3 rings (SSSR count). The van der Waals surface area contributed by atoms with Crippen molar-refractivity contribution in [1.29, 1.82) is 0 Å². The van der Waals surface area contributed by atoms with Crippen LogP contribution in [-0.2, 0) is 13.0 Å². The number of pyridine rings is 1. The maximum atomic E-state index is 13.5. The zero-order valence-electron chi connectivity index (χ0n) is 16.0. The highest BCUT2D eigenvalue weighted by molar-refractivity contribution is 14.0. The van der Waals surface area contributed by atoms with E-state index in [0.29, 0.717) is 31.5 Å². The van der Waals surface area contributed by atoms with Crippen molar-refractivity contribution in [2.75, 3.05) is 20.2 Å². The largest absolute Gasteiger partial charge is 0.478 e. The Morgan fingerprint density at radius 2 is 2.11 bits per heavy atom. The van der Waals surface area contributed by atoms with Gasteiger partial charge in [-0.1, -0.05) is 6.07 Å². The Hall–Kier alpha value is -2.36. The summed E-state index contributed by atoms with van der Waals surface area (Å²) in [4.78, 5) is 11.7. The number of nitrogens with one attached hydrogen (secondary N) is 3. The fraction of sp³-hybridized carbons (Fsp3) is 0.300. The van der Waals surface area contributed by atoms with E-state index in [1.165, 1.54) is 6.07 Å². The molecule has 0 saturated heterocycles. The van der Waals surface area contributed by atoms with Crippen LogP contribution in [0.3, 0.4) is 0 Å². The Bertz CT molecular complexity index is 928. The highest BCUT2D eigenvalue weighted by Crippen LogP contribution is 2.19. The second kappa shape index (κ2) is 10.8. The number of nitrogens with zero attached hydrogens (tertiary/aromatic N) is 2. The second-order valence-corrected chi connectivity index (χ2v) is 6.01. The number of ether oxygens (including phenoxy) is 1. The lowest BCUT2D eigenvalue weighted by molar-refractivity contribution is 0.322. The minimum absolute atomic E-state index is 0. The summed E-state index contributed by atoms with van der Waals surface area (Å²) in [6.45, 7) is 3.74. The van der Waals surface area contributed by atoms with Crippen LogP contribution in [-0.4, -0.2) is 36.1 Å². The number of guanidine groups is 1. The molecule has 0 spiro atoms. The molecule has 0 bridgehead atoms. The van der Waals surface area contributed by atoms with Crippen molar-refractivity contribution in [1.82, 2.24) is 20.6 Å². The van der Waals surface area contributed by atoms with Crippen molar-refractivity contribution in [2.45, 2.75) is 19.9 Å². The first-order valence-electron chi connectivity index (χ1n) is 8.98. The number of hydrogen-bond donors (Lipinski definition) is 3. The first-order chi connectivity index (χ1) is 13.2. The lowest BCUT2D eigenvalue weighted by Crippen LogP contribution is -2.37. The van der Waals surface area contributed by atoms with Crippen molar-refractivity contribution in [3.8, 4) is 5.88 Å². The molecule has 28 heavy (non-hydrogen) atoms. The molecular formula is C20H25FIN5O. The molecule has 1 aromatic carbocycles. The van der Waals surface area contributed by atoms with Gasteiger partial charge in [0.1, 0.15) is 5.82 Å². The molecule has 0 atom stereocenters. The van der Waals surface area contributed by atoms with Gasteiger partial charge in [-0.3, -0.25) is 4.99 Å². The summed E-state index contributed by atoms with van der Waals surface area (Å²) in [5.41, 5.74) is 2.97. The molecule has 8 heteroatoms. The number of aromatic nitrogens is 2. The van der Waals surface area contributed by atoms with Crippen LogP contribution in [0.1, 0.15) is 18.1 Å². The monoisotopic (exact) mass is 497 g/mol. The summed E-state index contributed by atoms with van der Waals surface area (Å²) in [5, 5.41) is 7.45. The van der Waals surface area contributed by atoms with Crippen LogP contribution >= 0.6 is 24.0 Å². The normalized spacial score (nSPS) is 11.2. The zero-order chi connectivity index (χ0) is 19.1. The number of halogens is 2. The average molecular weight is 497 g/mol. The van der Waals surface area contributed by atoms with E-state index in [4.69, 9.17) is 4.74 Å². The van der Waals surface area contributed by atoms with Crippen LogP contribution < -0.4 is 15.4 Å². The van der Waals surface area contributed by atoms with Crippen LogP contribution in [0.15, 0.2) is 47.7 Å². The molecule has 2 heterocycles. The Morgan fingerprint density at radius 1 is 1.25 bits per heavy atom. The quantitative estimate of drug-likeness (QED) is 0.265. The lowest BCUT2D eigenvalue weighted by Gasteiger charge is -2.13. The predicted octanol–water partition coefficient (Wildman–Crippen LogP) is 3.63. The van der Waals surface area contributed by atoms with Gasteiger partial charge in [-0.15, -0.1) is 24.0 Å². The van der Waals surface area contributed by atoms with E-state index in [-0.39, 0.29) is 29.8 Å². The minimum atomic E-state index is -0.227. The van der Waals surface area contributed by atoms with Crippen LogP contribution in [0.4, 0.5) is 4.39 Å². The smallest absolute Gasteiger partial charge is 0.218 e. The molecule has 6 nitrogen and oxygen atoms in total. The van der Waals surface area contributed by atoms with Crippen molar-refractivity contribution in [3.05, 3.63) is 59.7 Å². The van der Waals surface area contributed by atoms with Crippen molar-refractivity contribution >= 4 is 40.8 Å². The number of rotatable bonds is 7. The highest BCUT2D eigenvalue weighted by atomic mass is 127.